The Morgan fingerprint density at radius 3 is 2.78 bits per heavy atom. The van der Waals surface area contributed by atoms with Crippen molar-refractivity contribution in [2.24, 2.45) is 0 Å². The van der Waals surface area contributed by atoms with Crippen LogP contribution in [0.1, 0.15) is 17.6 Å². The molecular formula is C14H15F2N3O3S. The van der Waals surface area contributed by atoms with Crippen LogP contribution in [0.15, 0.2) is 29.3 Å². The molecule has 1 N–H and O–H groups in total. The van der Waals surface area contributed by atoms with Crippen LogP contribution < -0.4 is 0 Å². The molecule has 0 amide bonds. The summed E-state index contributed by atoms with van der Waals surface area (Å²) in [6.45, 7) is 2.26. The summed E-state index contributed by atoms with van der Waals surface area (Å²) < 4.78 is 58.6. The van der Waals surface area contributed by atoms with Gasteiger partial charge in [0.15, 0.2) is 11.6 Å². The molecule has 2 aromatic rings. The number of hydrogen-bond donors (Lipinski definition) is 1. The zero-order valence-corrected chi connectivity index (χ0v) is 13.1. The van der Waals surface area contributed by atoms with E-state index >= 15 is 0 Å². The summed E-state index contributed by atoms with van der Waals surface area (Å²) in [7, 11) is -4.00. The summed E-state index contributed by atoms with van der Waals surface area (Å²) in [6.07, 6.45) is 1.59. The molecule has 1 atom stereocenters. The quantitative estimate of drug-likeness (QED) is 0.921. The third kappa shape index (κ3) is 2.99. The number of H-pyrrole nitrogens is 1. The number of benzene rings is 1. The van der Waals surface area contributed by atoms with Crippen LogP contribution in [0.2, 0.25) is 0 Å². The minimum absolute atomic E-state index is 0.103. The predicted octanol–water partition coefficient (Wildman–Crippen LogP) is 1.76. The van der Waals surface area contributed by atoms with E-state index in [9.17, 15) is 17.2 Å². The molecule has 0 spiro atoms. The largest absolute Gasteiger partial charge is 0.378 e. The van der Waals surface area contributed by atoms with E-state index in [2.05, 4.69) is 9.97 Å². The smallest absolute Gasteiger partial charge is 0.244 e. The standard InChI is InChI=1S/C14H15F2N3O3S/c1-9-7-17-14(18-9)13-8-22-5-4-19(13)23(20,21)10-2-3-11(15)12(16)6-10/h2-3,6-7,13H,4-5,8H2,1H3,(H,17,18)/t13-/m1/s1. The highest BCUT2D eigenvalue weighted by Gasteiger charge is 2.36. The van der Waals surface area contributed by atoms with Crippen LogP contribution in [0.3, 0.4) is 0 Å². The van der Waals surface area contributed by atoms with Crippen molar-refractivity contribution in [2.45, 2.75) is 17.9 Å². The molecule has 0 aliphatic carbocycles. The molecule has 2 heterocycles. The fraction of sp³-hybridized carbons (Fsp3) is 0.357. The number of hydrogen-bond acceptors (Lipinski definition) is 4. The molecule has 124 valence electrons. The number of halogens is 2. The molecule has 0 saturated carbocycles. The molecule has 0 bridgehead atoms. The van der Waals surface area contributed by atoms with Crippen molar-refractivity contribution < 1.29 is 21.9 Å². The van der Waals surface area contributed by atoms with E-state index in [-0.39, 0.29) is 24.7 Å². The normalized spacial score (nSPS) is 19.9. The lowest BCUT2D eigenvalue weighted by Crippen LogP contribution is -2.43. The number of nitrogens with one attached hydrogen (secondary N) is 1. The van der Waals surface area contributed by atoms with Crippen molar-refractivity contribution in [3.05, 3.63) is 47.5 Å². The minimum atomic E-state index is -4.00. The van der Waals surface area contributed by atoms with Gasteiger partial charge in [-0.15, -0.1) is 0 Å². The molecule has 1 aromatic carbocycles. The van der Waals surface area contributed by atoms with E-state index in [0.29, 0.717) is 11.9 Å². The molecule has 1 fully saturated rings. The molecule has 1 aliphatic rings. The van der Waals surface area contributed by atoms with E-state index in [1.54, 1.807) is 13.1 Å². The summed E-state index contributed by atoms with van der Waals surface area (Å²) in [6, 6.07) is 1.89. The third-order valence-corrected chi connectivity index (χ3v) is 5.52. The molecule has 0 unspecified atom stereocenters. The summed E-state index contributed by atoms with van der Waals surface area (Å²) in [5.74, 6) is -1.85. The maximum absolute atomic E-state index is 13.4. The average Bonchev–Trinajstić information content (AvgIpc) is 2.96. The Kier molecular flexibility index (Phi) is 4.17. The van der Waals surface area contributed by atoms with Crippen LogP contribution in [0, 0.1) is 18.6 Å². The first-order valence-electron chi connectivity index (χ1n) is 6.96. The van der Waals surface area contributed by atoms with E-state index in [4.69, 9.17) is 4.74 Å². The highest BCUT2D eigenvalue weighted by atomic mass is 32.2. The van der Waals surface area contributed by atoms with Crippen LogP contribution in [0.25, 0.3) is 0 Å². The fourth-order valence-corrected chi connectivity index (χ4v) is 4.04. The van der Waals surface area contributed by atoms with Crippen LogP contribution in [-0.2, 0) is 14.8 Å². The topological polar surface area (TPSA) is 75.3 Å². The summed E-state index contributed by atoms with van der Waals surface area (Å²) in [5.41, 5.74) is 0.788. The zero-order valence-electron chi connectivity index (χ0n) is 12.3. The molecule has 1 aromatic heterocycles. The van der Waals surface area contributed by atoms with Crippen LogP contribution in [0.5, 0.6) is 0 Å². The lowest BCUT2D eigenvalue weighted by Gasteiger charge is -2.33. The lowest BCUT2D eigenvalue weighted by molar-refractivity contribution is 0.0292. The number of morpholine rings is 1. The Bertz CT molecular complexity index is 822. The Morgan fingerprint density at radius 1 is 1.35 bits per heavy atom. The first-order chi connectivity index (χ1) is 10.9. The fourth-order valence-electron chi connectivity index (χ4n) is 2.47. The minimum Gasteiger partial charge on any atom is -0.378 e. The number of ether oxygens (including phenoxy) is 1. The zero-order chi connectivity index (χ0) is 16.6. The summed E-state index contributed by atoms with van der Waals surface area (Å²) >= 11 is 0. The van der Waals surface area contributed by atoms with Gasteiger partial charge in [-0.25, -0.2) is 22.2 Å². The Labute approximate surface area is 132 Å². The predicted molar refractivity (Wildman–Crippen MR) is 77.1 cm³/mol. The monoisotopic (exact) mass is 343 g/mol. The molecule has 9 heteroatoms. The number of aromatic nitrogens is 2. The molecule has 0 radical (unpaired) electrons. The molecule has 6 nitrogen and oxygen atoms in total. The van der Waals surface area contributed by atoms with E-state index < -0.39 is 27.7 Å². The second-order valence-electron chi connectivity index (χ2n) is 5.23. The molecular weight excluding hydrogens is 328 g/mol. The van der Waals surface area contributed by atoms with Gasteiger partial charge in [-0.1, -0.05) is 0 Å². The Morgan fingerprint density at radius 2 is 2.13 bits per heavy atom. The lowest BCUT2D eigenvalue weighted by atomic mass is 10.2. The van der Waals surface area contributed by atoms with Gasteiger partial charge in [0.1, 0.15) is 11.9 Å². The first-order valence-corrected chi connectivity index (χ1v) is 8.40. The number of sulfonamides is 1. The number of nitrogens with zero attached hydrogens (tertiary/aromatic N) is 2. The highest BCUT2D eigenvalue weighted by Crippen LogP contribution is 2.29. The maximum atomic E-state index is 13.4. The van der Waals surface area contributed by atoms with Crippen molar-refractivity contribution in [2.75, 3.05) is 19.8 Å². The number of rotatable bonds is 3. The van der Waals surface area contributed by atoms with E-state index in [1.807, 2.05) is 0 Å². The number of aromatic amines is 1. The van der Waals surface area contributed by atoms with Crippen LogP contribution >= 0.6 is 0 Å². The second-order valence-corrected chi connectivity index (χ2v) is 7.12. The van der Waals surface area contributed by atoms with Crippen molar-refractivity contribution in [1.29, 1.82) is 0 Å². The molecule has 1 saturated heterocycles. The van der Waals surface area contributed by atoms with E-state index in [0.717, 1.165) is 17.8 Å². The van der Waals surface area contributed by atoms with Crippen molar-refractivity contribution in [1.82, 2.24) is 14.3 Å². The SMILES string of the molecule is Cc1cnc([C@H]2COCCN2S(=O)(=O)c2ccc(F)c(F)c2)[nH]1. The van der Waals surface area contributed by atoms with Crippen LogP contribution in [0.4, 0.5) is 8.78 Å². The van der Waals surface area contributed by atoms with Gasteiger partial charge in [-0.2, -0.15) is 4.31 Å². The van der Waals surface area contributed by atoms with Crippen molar-refractivity contribution >= 4 is 10.0 Å². The van der Waals surface area contributed by atoms with Crippen molar-refractivity contribution in [3.8, 4) is 0 Å². The Hall–Kier alpha value is -1.84. The Balaban J connectivity index is 2.00. The molecule has 1 aliphatic heterocycles. The number of imidazole rings is 1. The van der Waals surface area contributed by atoms with Gasteiger partial charge in [0, 0.05) is 18.4 Å². The van der Waals surface area contributed by atoms with Crippen LogP contribution in [-0.4, -0.2) is 42.4 Å². The third-order valence-electron chi connectivity index (χ3n) is 3.62. The average molecular weight is 343 g/mol. The second kappa shape index (κ2) is 5.99. The van der Waals surface area contributed by atoms with Crippen molar-refractivity contribution in [3.63, 3.8) is 0 Å². The molecule has 23 heavy (non-hydrogen) atoms. The number of aryl methyl sites for hydroxylation is 1. The van der Waals surface area contributed by atoms with Gasteiger partial charge < -0.3 is 9.72 Å². The summed E-state index contributed by atoms with van der Waals surface area (Å²) in [5, 5.41) is 0. The first kappa shape index (κ1) is 16.0. The van der Waals surface area contributed by atoms with Gasteiger partial charge in [0.05, 0.1) is 18.1 Å². The van der Waals surface area contributed by atoms with Gasteiger partial charge in [-0.3, -0.25) is 0 Å². The van der Waals surface area contributed by atoms with Gasteiger partial charge in [-0.05, 0) is 25.1 Å². The van der Waals surface area contributed by atoms with Gasteiger partial charge in [0.2, 0.25) is 10.0 Å². The van der Waals surface area contributed by atoms with E-state index in [1.165, 1.54) is 4.31 Å². The van der Waals surface area contributed by atoms with Gasteiger partial charge in [0.25, 0.3) is 0 Å². The van der Waals surface area contributed by atoms with Gasteiger partial charge >= 0.3 is 0 Å². The molecule has 3 rings (SSSR count). The highest BCUT2D eigenvalue weighted by molar-refractivity contribution is 7.89. The maximum Gasteiger partial charge on any atom is 0.244 e. The summed E-state index contributed by atoms with van der Waals surface area (Å²) in [4.78, 5) is 6.84.